The van der Waals surface area contributed by atoms with E-state index in [1.807, 2.05) is 24.3 Å². The highest BCUT2D eigenvalue weighted by Gasteiger charge is 2.56. The molecule has 2 fully saturated rings. The van der Waals surface area contributed by atoms with E-state index in [9.17, 15) is 18.3 Å². The highest BCUT2D eigenvalue weighted by molar-refractivity contribution is 7.91. The third-order valence-corrected chi connectivity index (χ3v) is 8.48. The van der Waals surface area contributed by atoms with E-state index in [4.69, 9.17) is 4.74 Å². The topological polar surface area (TPSA) is 83.9 Å². The molecule has 1 aromatic carbocycles. The van der Waals surface area contributed by atoms with Crippen LogP contribution in [0.3, 0.4) is 0 Å². The van der Waals surface area contributed by atoms with Crippen LogP contribution >= 0.6 is 11.3 Å². The van der Waals surface area contributed by atoms with E-state index in [1.54, 1.807) is 6.07 Å². The lowest BCUT2D eigenvalue weighted by atomic mass is 9.74. The fourth-order valence-electron chi connectivity index (χ4n) is 3.65. The zero-order chi connectivity index (χ0) is 16.9. The van der Waals surface area contributed by atoms with Crippen molar-refractivity contribution in [2.75, 3.05) is 26.3 Å². The van der Waals surface area contributed by atoms with Crippen LogP contribution in [0.25, 0.3) is 10.1 Å². The maximum Gasteiger partial charge on any atom is 0.311 e. The Hall–Kier alpha value is -1.48. The molecule has 24 heavy (non-hydrogen) atoms. The number of fused-ring (bicyclic) bond motifs is 2. The third kappa shape index (κ3) is 2.28. The number of ether oxygens (including phenoxy) is 1. The molecule has 0 saturated carbocycles. The van der Waals surface area contributed by atoms with Crippen molar-refractivity contribution in [3.63, 3.8) is 0 Å². The summed E-state index contributed by atoms with van der Waals surface area (Å²) in [4.78, 5) is 11.8. The first-order valence-electron chi connectivity index (χ1n) is 7.73. The van der Waals surface area contributed by atoms with Gasteiger partial charge in [0.1, 0.15) is 4.21 Å². The predicted molar refractivity (Wildman–Crippen MR) is 89.6 cm³/mol. The summed E-state index contributed by atoms with van der Waals surface area (Å²) in [5, 5.41) is 10.6. The molecule has 2 aliphatic heterocycles. The van der Waals surface area contributed by atoms with Gasteiger partial charge in [0.05, 0.1) is 12.0 Å². The second kappa shape index (κ2) is 5.52. The van der Waals surface area contributed by atoms with Crippen molar-refractivity contribution in [1.82, 2.24) is 4.31 Å². The maximum atomic E-state index is 13.0. The Morgan fingerprint density at radius 3 is 2.88 bits per heavy atom. The summed E-state index contributed by atoms with van der Waals surface area (Å²) in [6, 6.07) is 9.17. The van der Waals surface area contributed by atoms with Crippen LogP contribution in [-0.2, 0) is 19.6 Å². The molecule has 0 radical (unpaired) electrons. The normalized spacial score (nSPS) is 28.1. The van der Waals surface area contributed by atoms with Crippen molar-refractivity contribution in [3.8, 4) is 0 Å². The monoisotopic (exact) mass is 367 g/mol. The second-order valence-corrected chi connectivity index (χ2v) is 9.63. The fourth-order valence-corrected chi connectivity index (χ4v) is 6.76. The fraction of sp³-hybridized carbons (Fsp3) is 0.438. The number of thiophene rings is 1. The van der Waals surface area contributed by atoms with Crippen LogP contribution in [0.4, 0.5) is 0 Å². The summed E-state index contributed by atoms with van der Waals surface area (Å²) in [5.74, 6) is -1.22. The number of aliphatic carboxylic acids is 1. The molecule has 128 valence electrons. The van der Waals surface area contributed by atoms with E-state index in [-0.39, 0.29) is 23.2 Å². The van der Waals surface area contributed by atoms with Crippen LogP contribution in [0.2, 0.25) is 0 Å². The minimum atomic E-state index is -3.70. The second-order valence-electron chi connectivity index (χ2n) is 6.38. The lowest BCUT2D eigenvalue weighted by molar-refractivity contribution is -0.157. The molecule has 2 saturated heterocycles. The minimum Gasteiger partial charge on any atom is -0.481 e. The van der Waals surface area contributed by atoms with Gasteiger partial charge < -0.3 is 9.84 Å². The van der Waals surface area contributed by atoms with Gasteiger partial charge in [0.25, 0.3) is 10.0 Å². The molecule has 4 rings (SSSR count). The minimum absolute atomic E-state index is 0.0208. The number of carboxylic acid groups (broad SMARTS) is 1. The van der Waals surface area contributed by atoms with Crippen LogP contribution in [0.5, 0.6) is 0 Å². The van der Waals surface area contributed by atoms with E-state index >= 15 is 0 Å². The van der Waals surface area contributed by atoms with Gasteiger partial charge >= 0.3 is 5.97 Å². The first-order chi connectivity index (χ1) is 11.4. The summed E-state index contributed by atoms with van der Waals surface area (Å²) in [5.41, 5.74) is -1.03. The first-order valence-corrected chi connectivity index (χ1v) is 9.99. The Kier molecular flexibility index (Phi) is 3.68. The standard InChI is InChI=1S/C16H17NO5S2/c18-15(19)16-5-6-22-9-12(16)8-17(10-16)24(20,21)14-7-11-3-1-2-4-13(11)23-14/h1-4,7,12H,5-6,8-10H2,(H,18,19)/t12-,16+/m1/s1. The zero-order valence-corrected chi connectivity index (χ0v) is 14.5. The number of hydrogen-bond acceptors (Lipinski definition) is 5. The molecule has 6 nitrogen and oxygen atoms in total. The molecule has 8 heteroatoms. The van der Waals surface area contributed by atoms with Gasteiger partial charge in [-0.05, 0) is 23.9 Å². The van der Waals surface area contributed by atoms with E-state index in [0.29, 0.717) is 19.6 Å². The summed E-state index contributed by atoms with van der Waals surface area (Å²) >= 11 is 1.22. The molecule has 1 N–H and O–H groups in total. The number of carbonyl (C=O) groups is 1. The van der Waals surface area contributed by atoms with Gasteiger partial charge in [-0.1, -0.05) is 18.2 Å². The molecular formula is C16H17NO5S2. The number of hydrogen-bond donors (Lipinski definition) is 1. The number of benzene rings is 1. The van der Waals surface area contributed by atoms with Crippen molar-refractivity contribution in [2.45, 2.75) is 10.6 Å². The SMILES string of the molecule is O=C(O)[C@]12CCOC[C@H]1CN(S(=O)(=O)c1cc3ccccc3s1)C2. The average Bonchev–Trinajstić information content (AvgIpc) is 3.17. The Bertz CT molecular complexity index is 873. The number of carboxylic acids is 1. The van der Waals surface area contributed by atoms with Gasteiger partial charge in [-0.2, -0.15) is 4.31 Å². The van der Waals surface area contributed by atoms with E-state index in [2.05, 4.69) is 0 Å². The van der Waals surface area contributed by atoms with Gasteiger partial charge in [-0.25, -0.2) is 8.42 Å². The van der Waals surface area contributed by atoms with Crippen LogP contribution in [0.15, 0.2) is 34.5 Å². The van der Waals surface area contributed by atoms with Gasteiger partial charge in [0.15, 0.2) is 0 Å². The van der Waals surface area contributed by atoms with E-state index in [0.717, 1.165) is 10.1 Å². The Morgan fingerprint density at radius 1 is 1.38 bits per heavy atom. The highest BCUT2D eigenvalue weighted by atomic mass is 32.2. The Morgan fingerprint density at radius 2 is 2.17 bits per heavy atom. The Balaban J connectivity index is 1.71. The molecule has 2 aromatic rings. The van der Waals surface area contributed by atoms with Crippen molar-refractivity contribution in [2.24, 2.45) is 11.3 Å². The summed E-state index contributed by atoms with van der Waals surface area (Å²) < 4.78 is 33.9. The molecule has 0 aliphatic carbocycles. The first kappa shape index (κ1) is 16.0. The van der Waals surface area contributed by atoms with Crippen molar-refractivity contribution >= 4 is 37.4 Å². The van der Waals surface area contributed by atoms with Gasteiger partial charge in [-0.3, -0.25) is 4.79 Å². The molecule has 1 aromatic heterocycles. The quantitative estimate of drug-likeness (QED) is 0.897. The molecule has 0 unspecified atom stereocenters. The average molecular weight is 367 g/mol. The molecule has 0 amide bonds. The van der Waals surface area contributed by atoms with Crippen molar-refractivity contribution in [1.29, 1.82) is 0 Å². The molecule has 2 aliphatic rings. The van der Waals surface area contributed by atoms with Gasteiger partial charge in [0.2, 0.25) is 0 Å². The van der Waals surface area contributed by atoms with Crippen molar-refractivity contribution < 1.29 is 23.1 Å². The summed E-state index contributed by atoms with van der Waals surface area (Å²) in [6.07, 6.45) is 0.353. The molecule has 3 heterocycles. The number of nitrogens with zero attached hydrogens (tertiary/aromatic N) is 1. The Labute approximate surface area is 143 Å². The van der Waals surface area contributed by atoms with Crippen LogP contribution in [0.1, 0.15) is 6.42 Å². The third-order valence-electron chi connectivity index (χ3n) is 5.10. The lowest BCUT2D eigenvalue weighted by Crippen LogP contribution is -2.45. The van der Waals surface area contributed by atoms with Crippen LogP contribution in [0, 0.1) is 11.3 Å². The predicted octanol–water partition coefficient (Wildman–Crippen LogP) is 2.01. The molecule has 0 bridgehead atoms. The van der Waals surface area contributed by atoms with Crippen LogP contribution in [-0.4, -0.2) is 50.1 Å². The molecule has 2 atom stereocenters. The summed E-state index contributed by atoms with van der Waals surface area (Å²) in [7, 11) is -3.70. The number of rotatable bonds is 3. The highest BCUT2D eigenvalue weighted by Crippen LogP contribution is 2.45. The smallest absolute Gasteiger partial charge is 0.311 e. The van der Waals surface area contributed by atoms with Crippen LogP contribution < -0.4 is 0 Å². The van der Waals surface area contributed by atoms with Gasteiger partial charge in [0, 0.05) is 30.3 Å². The number of sulfonamides is 1. The van der Waals surface area contributed by atoms with Gasteiger partial charge in [-0.15, -0.1) is 11.3 Å². The maximum absolute atomic E-state index is 13.0. The molecular weight excluding hydrogens is 350 g/mol. The van der Waals surface area contributed by atoms with E-state index < -0.39 is 21.4 Å². The van der Waals surface area contributed by atoms with Crippen molar-refractivity contribution in [3.05, 3.63) is 30.3 Å². The summed E-state index contributed by atoms with van der Waals surface area (Å²) in [6.45, 7) is 0.875. The molecule has 0 spiro atoms. The van der Waals surface area contributed by atoms with E-state index in [1.165, 1.54) is 15.6 Å². The lowest BCUT2D eigenvalue weighted by Gasteiger charge is -2.34. The zero-order valence-electron chi connectivity index (χ0n) is 12.8. The largest absolute Gasteiger partial charge is 0.481 e.